The summed E-state index contributed by atoms with van der Waals surface area (Å²) in [6.45, 7) is 6.46. The van der Waals surface area contributed by atoms with E-state index in [4.69, 9.17) is 0 Å². The number of hydrogen-bond donors (Lipinski definition) is 1. The molecule has 0 amide bonds. The second-order valence-electron chi connectivity index (χ2n) is 5.55. The van der Waals surface area contributed by atoms with Crippen LogP contribution in [0.1, 0.15) is 25.3 Å². The quantitative estimate of drug-likeness (QED) is 0.817. The van der Waals surface area contributed by atoms with Crippen molar-refractivity contribution >= 4 is 0 Å². The predicted octanol–water partition coefficient (Wildman–Crippen LogP) is 3.37. The van der Waals surface area contributed by atoms with Gasteiger partial charge >= 0.3 is 0 Å². The lowest BCUT2D eigenvalue weighted by molar-refractivity contribution is 0.290. The molecule has 2 nitrogen and oxygen atoms in total. The van der Waals surface area contributed by atoms with Crippen molar-refractivity contribution in [1.29, 1.82) is 0 Å². The molecule has 0 saturated carbocycles. The van der Waals surface area contributed by atoms with Gasteiger partial charge in [-0.05, 0) is 37.9 Å². The maximum Gasteiger partial charge on any atom is 0.0237 e. The van der Waals surface area contributed by atoms with Crippen LogP contribution in [0.4, 0.5) is 0 Å². The van der Waals surface area contributed by atoms with Gasteiger partial charge in [0.05, 0.1) is 0 Å². The summed E-state index contributed by atoms with van der Waals surface area (Å²) in [6, 6.07) is 10.7. The minimum Gasteiger partial charge on any atom is -0.318 e. The van der Waals surface area contributed by atoms with Crippen molar-refractivity contribution in [3.05, 3.63) is 59.2 Å². The molecule has 1 aliphatic carbocycles. The molecule has 1 aromatic rings. The summed E-state index contributed by atoms with van der Waals surface area (Å²) in [5.74, 6) is 0. The highest BCUT2D eigenvalue weighted by atomic mass is 15.1. The third-order valence-corrected chi connectivity index (χ3v) is 3.87. The Bertz CT molecular complexity index is 460. The van der Waals surface area contributed by atoms with E-state index in [1.807, 2.05) is 7.05 Å². The van der Waals surface area contributed by atoms with Crippen LogP contribution in [0.15, 0.2) is 53.6 Å². The maximum atomic E-state index is 3.26. The molecule has 0 spiro atoms. The fraction of sp³-hybridized carbons (Fsp3) is 0.444. The smallest absolute Gasteiger partial charge is 0.0237 e. The van der Waals surface area contributed by atoms with E-state index in [0.29, 0.717) is 0 Å². The van der Waals surface area contributed by atoms with Crippen LogP contribution in [0.5, 0.6) is 0 Å². The molecule has 0 atom stereocenters. The maximum absolute atomic E-state index is 3.26. The monoisotopic (exact) mass is 270 g/mol. The Labute approximate surface area is 123 Å². The third-order valence-electron chi connectivity index (χ3n) is 3.87. The van der Waals surface area contributed by atoms with Crippen LogP contribution in [-0.4, -0.2) is 31.6 Å². The van der Waals surface area contributed by atoms with Crippen molar-refractivity contribution in [1.82, 2.24) is 10.2 Å². The van der Waals surface area contributed by atoms with Gasteiger partial charge in [-0.3, -0.25) is 4.90 Å². The zero-order valence-corrected chi connectivity index (χ0v) is 12.7. The molecule has 0 heterocycles. The summed E-state index contributed by atoms with van der Waals surface area (Å²) in [4.78, 5) is 2.53. The molecule has 0 unspecified atom stereocenters. The highest BCUT2D eigenvalue weighted by Crippen LogP contribution is 2.19. The first-order valence-corrected chi connectivity index (χ1v) is 7.55. The van der Waals surface area contributed by atoms with Crippen LogP contribution < -0.4 is 5.32 Å². The summed E-state index contributed by atoms with van der Waals surface area (Å²) < 4.78 is 0. The molecule has 0 radical (unpaired) electrons. The van der Waals surface area contributed by atoms with Gasteiger partial charge in [-0.1, -0.05) is 48.1 Å². The number of likely N-dealkylation sites (N-methyl/N-ethyl adjacent to an activating group) is 1. The molecule has 0 aliphatic heterocycles. The van der Waals surface area contributed by atoms with E-state index in [0.717, 1.165) is 26.2 Å². The highest BCUT2D eigenvalue weighted by Gasteiger charge is 2.10. The van der Waals surface area contributed by atoms with E-state index in [-0.39, 0.29) is 0 Å². The van der Waals surface area contributed by atoms with Gasteiger partial charge < -0.3 is 5.32 Å². The molecule has 0 fully saturated rings. The first-order chi connectivity index (χ1) is 9.79. The average Bonchev–Trinajstić information content (AvgIpc) is 2.48. The van der Waals surface area contributed by atoms with Crippen LogP contribution >= 0.6 is 0 Å². The van der Waals surface area contributed by atoms with Crippen molar-refractivity contribution in [3.63, 3.8) is 0 Å². The van der Waals surface area contributed by atoms with Gasteiger partial charge in [-0.25, -0.2) is 0 Å². The van der Waals surface area contributed by atoms with Crippen LogP contribution in [0, 0.1) is 0 Å². The van der Waals surface area contributed by atoms with Gasteiger partial charge in [0.2, 0.25) is 0 Å². The lowest BCUT2D eigenvalue weighted by Crippen LogP contribution is -2.32. The molecule has 2 rings (SSSR count). The van der Waals surface area contributed by atoms with Gasteiger partial charge in [0.1, 0.15) is 0 Å². The Morgan fingerprint density at radius 3 is 2.65 bits per heavy atom. The van der Waals surface area contributed by atoms with E-state index >= 15 is 0 Å². The summed E-state index contributed by atoms with van der Waals surface area (Å²) >= 11 is 0. The van der Waals surface area contributed by atoms with Gasteiger partial charge in [-0.15, -0.1) is 0 Å². The molecule has 1 aliphatic rings. The Morgan fingerprint density at radius 2 is 1.95 bits per heavy atom. The normalized spacial score (nSPS) is 15.2. The summed E-state index contributed by atoms with van der Waals surface area (Å²) in [7, 11) is 2.02. The van der Waals surface area contributed by atoms with Crippen molar-refractivity contribution in [2.24, 2.45) is 0 Å². The van der Waals surface area contributed by atoms with Crippen molar-refractivity contribution in [2.45, 2.75) is 26.3 Å². The van der Waals surface area contributed by atoms with E-state index in [2.05, 4.69) is 59.6 Å². The van der Waals surface area contributed by atoms with Crippen LogP contribution in [-0.2, 0) is 6.54 Å². The predicted molar refractivity (Wildman–Crippen MR) is 86.7 cm³/mol. The molecule has 1 aromatic carbocycles. The number of nitrogens with zero attached hydrogens (tertiary/aromatic N) is 1. The minimum atomic E-state index is 1.02. The van der Waals surface area contributed by atoms with E-state index in [9.17, 15) is 0 Å². The van der Waals surface area contributed by atoms with E-state index < -0.39 is 0 Å². The fourth-order valence-electron chi connectivity index (χ4n) is 2.58. The third kappa shape index (κ3) is 4.62. The number of hydrogen-bond acceptors (Lipinski definition) is 2. The summed E-state index contributed by atoms with van der Waals surface area (Å²) in [6.07, 6.45) is 7.04. The zero-order valence-electron chi connectivity index (χ0n) is 12.7. The first-order valence-electron chi connectivity index (χ1n) is 7.55. The molecule has 0 saturated heterocycles. The second kappa shape index (κ2) is 8.03. The molecular weight excluding hydrogens is 244 g/mol. The Kier molecular flexibility index (Phi) is 6.03. The van der Waals surface area contributed by atoms with E-state index in [1.54, 1.807) is 5.57 Å². The number of benzene rings is 1. The summed E-state index contributed by atoms with van der Waals surface area (Å²) in [5, 5.41) is 3.26. The molecule has 0 bridgehead atoms. The van der Waals surface area contributed by atoms with Crippen LogP contribution in [0.25, 0.3) is 0 Å². The molecule has 1 N–H and O–H groups in total. The van der Waals surface area contributed by atoms with Gasteiger partial charge in [0.25, 0.3) is 0 Å². The molecule has 20 heavy (non-hydrogen) atoms. The second-order valence-corrected chi connectivity index (χ2v) is 5.55. The number of allylic oxidation sites excluding steroid dienone is 2. The van der Waals surface area contributed by atoms with Crippen LogP contribution in [0.3, 0.4) is 0 Å². The van der Waals surface area contributed by atoms with Crippen molar-refractivity contribution < 1.29 is 0 Å². The van der Waals surface area contributed by atoms with E-state index in [1.165, 1.54) is 24.0 Å². The SMILES string of the molecule is CNCCN(CC1=C(C)CCC=C1)Cc1ccccc1. The van der Waals surface area contributed by atoms with Crippen LogP contribution in [0.2, 0.25) is 0 Å². The topological polar surface area (TPSA) is 15.3 Å². The molecule has 2 heteroatoms. The molecule has 108 valence electrons. The minimum absolute atomic E-state index is 1.02. The number of rotatable bonds is 7. The Balaban J connectivity index is 2.01. The van der Waals surface area contributed by atoms with Gasteiger partial charge in [-0.2, -0.15) is 0 Å². The van der Waals surface area contributed by atoms with Gasteiger partial charge in [0, 0.05) is 26.2 Å². The zero-order chi connectivity index (χ0) is 14.2. The number of nitrogens with one attached hydrogen (secondary N) is 1. The largest absolute Gasteiger partial charge is 0.318 e. The highest BCUT2D eigenvalue weighted by molar-refractivity contribution is 5.29. The standard InChI is InChI=1S/C18H26N2/c1-16-8-6-7-11-18(16)15-20(13-12-19-2)14-17-9-4-3-5-10-17/h3-5,7,9-11,19H,6,8,12-15H2,1-2H3. The van der Waals surface area contributed by atoms with Gasteiger partial charge in [0.15, 0.2) is 0 Å². The van der Waals surface area contributed by atoms with Crippen molar-refractivity contribution in [3.8, 4) is 0 Å². The Hall–Kier alpha value is -1.38. The lowest BCUT2D eigenvalue weighted by Gasteiger charge is -2.25. The lowest BCUT2D eigenvalue weighted by atomic mass is 9.98. The Morgan fingerprint density at radius 1 is 1.15 bits per heavy atom. The fourth-order valence-corrected chi connectivity index (χ4v) is 2.58. The molecular formula is C18H26N2. The molecule has 0 aromatic heterocycles. The average molecular weight is 270 g/mol. The summed E-state index contributed by atoms with van der Waals surface area (Å²) in [5.41, 5.74) is 4.44. The van der Waals surface area contributed by atoms with Crippen molar-refractivity contribution in [2.75, 3.05) is 26.7 Å². The first kappa shape index (κ1) is 15.0.